The number of nitro groups is 1. The van der Waals surface area contributed by atoms with Crippen LogP contribution >= 0.6 is 0 Å². The molecule has 0 aliphatic carbocycles. The molecular weight excluding hydrogens is 416 g/mol. The van der Waals surface area contributed by atoms with Crippen molar-refractivity contribution in [3.05, 3.63) is 80.9 Å². The van der Waals surface area contributed by atoms with Gasteiger partial charge in [0.15, 0.2) is 0 Å². The van der Waals surface area contributed by atoms with Crippen LogP contribution in [0.1, 0.15) is 29.7 Å². The molecule has 0 bridgehead atoms. The van der Waals surface area contributed by atoms with Gasteiger partial charge in [0.2, 0.25) is 0 Å². The number of ether oxygens (including phenoxy) is 1. The van der Waals surface area contributed by atoms with E-state index < -0.39 is 28.4 Å². The maximum atomic E-state index is 12.9. The van der Waals surface area contributed by atoms with E-state index in [0.717, 1.165) is 18.1 Å². The monoisotopic (exact) mass is 440 g/mol. The first-order chi connectivity index (χ1) is 15.4. The lowest BCUT2D eigenvalue weighted by molar-refractivity contribution is -0.384. The maximum Gasteiger partial charge on any atom is 0.295 e. The van der Waals surface area contributed by atoms with Crippen LogP contribution < -0.4 is 0 Å². The van der Waals surface area contributed by atoms with E-state index in [1.807, 2.05) is 19.1 Å². The number of likely N-dealkylation sites (tertiary alicyclic amines) is 1. The van der Waals surface area contributed by atoms with Crippen LogP contribution in [0, 0.1) is 10.1 Å². The molecule has 9 nitrogen and oxygen atoms in total. The average molecular weight is 440 g/mol. The third-order valence-corrected chi connectivity index (χ3v) is 5.29. The molecule has 1 aliphatic heterocycles. The van der Waals surface area contributed by atoms with Crippen molar-refractivity contribution in [1.29, 1.82) is 0 Å². The Hall–Kier alpha value is -3.56. The van der Waals surface area contributed by atoms with Gasteiger partial charge in [0.1, 0.15) is 5.76 Å². The van der Waals surface area contributed by atoms with E-state index in [2.05, 4.69) is 0 Å². The molecule has 32 heavy (non-hydrogen) atoms. The molecule has 0 unspecified atom stereocenters. The van der Waals surface area contributed by atoms with E-state index in [0.29, 0.717) is 5.56 Å². The zero-order chi connectivity index (χ0) is 23.3. The van der Waals surface area contributed by atoms with Gasteiger partial charge in [-0.25, -0.2) is 0 Å². The molecule has 0 aromatic heterocycles. The second-order valence-corrected chi connectivity index (χ2v) is 7.23. The first kappa shape index (κ1) is 23.1. The number of non-ortho nitro benzene ring substituents is 1. The Morgan fingerprint density at radius 3 is 2.50 bits per heavy atom. The molecule has 1 fully saturated rings. The SMILES string of the molecule is CCc1ccc([C@@H]2C(=C(O)c3cccc([N+](=O)[O-])c3)C(=O)C(=O)N2CCOCCO)cc1. The molecule has 9 heteroatoms. The summed E-state index contributed by atoms with van der Waals surface area (Å²) in [4.78, 5) is 37.6. The summed E-state index contributed by atoms with van der Waals surface area (Å²) >= 11 is 0. The fourth-order valence-corrected chi connectivity index (χ4v) is 3.64. The van der Waals surface area contributed by atoms with Gasteiger partial charge >= 0.3 is 0 Å². The van der Waals surface area contributed by atoms with Crippen LogP contribution in [0.25, 0.3) is 5.76 Å². The van der Waals surface area contributed by atoms with Crippen molar-refractivity contribution in [2.24, 2.45) is 0 Å². The topological polar surface area (TPSA) is 130 Å². The third-order valence-electron chi connectivity index (χ3n) is 5.29. The van der Waals surface area contributed by atoms with E-state index >= 15 is 0 Å². The highest BCUT2D eigenvalue weighted by molar-refractivity contribution is 6.46. The van der Waals surface area contributed by atoms with Crippen LogP contribution in [-0.2, 0) is 20.7 Å². The molecule has 0 saturated carbocycles. The number of nitro benzene ring substituents is 1. The van der Waals surface area contributed by atoms with Gasteiger partial charge in [0.25, 0.3) is 17.4 Å². The van der Waals surface area contributed by atoms with Gasteiger partial charge in [0, 0.05) is 24.2 Å². The molecule has 0 radical (unpaired) electrons. The summed E-state index contributed by atoms with van der Waals surface area (Å²) in [6.07, 6.45) is 0.809. The van der Waals surface area contributed by atoms with Crippen LogP contribution in [-0.4, -0.2) is 58.1 Å². The largest absolute Gasteiger partial charge is 0.507 e. The zero-order valence-electron chi connectivity index (χ0n) is 17.6. The van der Waals surface area contributed by atoms with Crippen molar-refractivity contribution >= 4 is 23.1 Å². The van der Waals surface area contributed by atoms with Crippen LogP contribution in [0.4, 0.5) is 5.69 Å². The van der Waals surface area contributed by atoms with E-state index in [1.165, 1.54) is 23.1 Å². The summed E-state index contributed by atoms with van der Waals surface area (Å²) in [6.45, 7) is 2.08. The minimum Gasteiger partial charge on any atom is -0.507 e. The fourth-order valence-electron chi connectivity index (χ4n) is 3.64. The standard InChI is InChI=1S/C23H24N2O7/c1-2-15-6-8-16(9-7-15)20-19(21(27)17-4-3-5-18(14-17)25(30)31)22(28)23(29)24(20)10-12-32-13-11-26/h3-9,14,20,26-27H,2,10-13H2,1H3/t20-/m1/s1. The minimum atomic E-state index is -0.877. The quantitative estimate of drug-likeness (QED) is 0.153. The van der Waals surface area contributed by atoms with E-state index in [9.17, 15) is 24.8 Å². The van der Waals surface area contributed by atoms with Crippen LogP contribution in [0.15, 0.2) is 54.1 Å². The number of aliphatic hydroxyl groups excluding tert-OH is 2. The van der Waals surface area contributed by atoms with Gasteiger partial charge in [-0.1, -0.05) is 43.3 Å². The normalized spacial score (nSPS) is 17.7. The number of amides is 1. The molecule has 2 aromatic carbocycles. The van der Waals surface area contributed by atoms with E-state index in [1.54, 1.807) is 12.1 Å². The number of hydrogen-bond donors (Lipinski definition) is 2. The predicted octanol–water partition coefficient (Wildman–Crippen LogP) is 2.59. The van der Waals surface area contributed by atoms with Gasteiger partial charge < -0.3 is 19.8 Å². The highest BCUT2D eigenvalue weighted by atomic mass is 16.6. The number of nitrogens with zero attached hydrogens (tertiary/aromatic N) is 2. The molecule has 0 spiro atoms. The van der Waals surface area contributed by atoms with E-state index in [4.69, 9.17) is 9.84 Å². The summed E-state index contributed by atoms with van der Waals surface area (Å²) in [5, 5.41) is 31.0. The van der Waals surface area contributed by atoms with Gasteiger partial charge in [0.05, 0.1) is 36.4 Å². The lowest BCUT2D eigenvalue weighted by Gasteiger charge is -2.25. The number of ketones is 1. The fraction of sp³-hybridized carbons (Fsp3) is 0.304. The summed E-state index contributed by atoms with van der Waals surface area (Å²) in [6, 6.07) is 11.7. The van der Waals surface area contributed by atoms with Crippen molar-refractivity contribution < 1.29 is 29.5 Å². The van der Waals surface area contributed by atoms with E-state index in [-0.39, 0.29) is 43.2 Å². The first-order valence-corrected chi connectivity index (χ1v) is 10.2. The molecule has 1 amide bonds. The summed E-state index contributed by atoms with van der Waals surface area (Å²) < 4.78 is 5.26. The first-order valence-electron chi connectivity index (χ1n) is 10.2. The number of carbonyl (C=O) groups is 2. The average Bonchev–Trinajstić information content (AvgIpc) is 3.06. The summed E-state index contributed by atoms with van der Waals surface area (Å²) in [5.74, 6) is -2.15. The smallest absolute Gasteiger partial charge is 0.295 e. The second kappa shape index (κ2) is 10.2. The van der Waals surface area contributed by atoms with Gasteiger partial charge in [-0.2, -0.15) is 0 Å². The molecule has 2 N–H and O–H groups in total. The number of benzene rings is 2. The lowest BCUT2D eigenvalue weighted by atomic mass is 9.94. The Bertz CT molecular complexity index is 1050. The molecule has 1 atom stereocenters. The number of carbonyl (C=O) groups excluding carboxylic acids is 2. The Morgan fingerprint density at radius 1 is 1.16 bits per heavy atom. The Kier molecular flexibility index (Phi) is 7.34. The zero-order valence-corrected chi connectivity index (χ0v) is 17.6. The number of hydrogen-bond acceptors (Lipinski definition) is 7. The Morgan fingerprint density at radius 2 is 1.88 bits per heavy atom. The van der Waals surface area contributed by atoms with Gasteiger partial charge in [-0.3, -0.25) is 19.7 Å². The minimum absolute atomic E-state index is 0.0660. The lowest BCUT2D eigenvalue weighted by Crippen LogP contribution is -2.33. The van der Waals surface area contributed by atoms with Crippen molar-refractivity contribution in [3.63, 3.8) is 0 Å². The van der Waals surface area contributed by atoms with Crippen LogP contribution in [0.2, 0.25) is 0 Å². The summed E-state index contributed by atoms with van der Waals surface area (Å²) in [7, 11) is 0. The molecule has 1 aliphatic rings. The maximum absolute atomic E-state index is 12.9. The Labute approximate surface area is 184 Å². The molecule has 1 heterocycles. The highest BCUT2D eigenvalue weighted by Crippen LogP contribution is 2.39. The molecule has 3 rings (SSSR count). The second-order valence-electron chi connectivity index (χ2n) is 7.23. The predicted molar refractivity (Wildman–Crippen MR) is 116 cm³/mol. The van der Waals surface area contributed by atoms with Crippen molar-refractivity contribution in [3.8, 4) is 0 Å². The van der Waals surface area contributed by atoms with Crippen LogP contribution in [0.3, 0.4) is 0 Å². The molecular formula is C23H24N2O7. The van der Waals surface area contributed by atoms with Gasteiger partial charge in [-0.05, 0) is 17.5 Å². The summed E-state index contributed by atoms with van der Waals surface area (Å²) in [5.41, 5.74) is 1.38. The number of Topliss-reactive ketones (excluding diaryl/α,β-unsaturated/α-hetero) is 1. The highest BCUT2D eigenvalue weighted by Gasteiger charge is 2.45. The number of aliphatic hydroxyl groups is 2. The molecule has 168 valence electrons. The Balaban J connectivity index is 2.09. The number of rotatable bonds is 9. The van der Waals surface area contributed by atoms with Crippen molar-refractivity contribution in [2.75, 3.05) is 26.4 Å². The molecule has 1 saturated heterocycles. The molecule has 2 aromatic rings. The van der Waals surface area contributed by atoms with Crippen molar-refractivity contribution in [2.45, 2.75) is 19.4 Å². The van der Waals surface area contributed by atoms with Crippen LogP contribution in [0.5, 0.6) is 0 Å². The van der Waals surface area contributed by atoms with Crippen molar-refractivity contribution in [1.82, 2.24) is 4.90 Å². The number of aryl methyl sites for hydroxylation is 1. The van der Waals surface area contributed by atoms with Gasteiger partial charge in [-0.15, -0.1) is 0 Å². The third kappa shape index (κ3) is 4.68.